The van der Waals surface area contributed by atoms with Gasteiger partial charge in [-0.25, -0.2) is 0 Å². The number of benzene rings is 1. The van der Waals surface area contributed by atoms with Crippen LogP contribution >= 0.6 is 0 Å². The molecule has 0 fully saturated rings. The topological polar surface area (TPSA) is 0 Å². The molecule has 0 aliphatic carbocycles. The molecule has 0 unspecified atom stereocenters. The van der Waals surface area contributed by atoms with Crippen molar-refractivity contribution in [2.75, 3.05) is 0 Å². The van der Waals surface area contributed by atoms with E-state index in [1.165, 1.54) is 24.0 Å². The summed E-state index contributed by atoms with van der Waals surface area (Å²) >= 11 is 0. The zero-order valence-corrected chi connectivity index (χ0v) is 7.88. The predicted octanol–water partition coefficient (Wildman–Crippen LogP) is 3.89. The van der Waals surface area contributed by atoms with Gasteiger partial charge in [-0.3, -0.25) is 0 Å². The van der Waals surface area contributed by atoms with E-state index >= 15 is 0 Å². The summed E-state index contributed by atoms with van der Waals surface area (Å²) in [6.45, 7) is 4.32. The van der Waals surface area contributed by atoms with Crippen LogP contribution in [-0.2, 0) is 0 Å². The van der Waals surface area contributed by atoms with E-state index in [1.54, 1.807) is 0 Å². The molecule has 0 bridgehead atoms. The minimum absolute atomic E-state index is 1.18. The third kappa shape index (κ3) is 2.23. The molecular formula is C12H16. The molecule has 0 saturated heterocycles. The lowest BCUT2D eigenvalue weighted by Gasteiger charge is -2.04. The predicted molar refractivity (Wildman–Crippen MR) is 55.0 cm³/mol. The third-order valence-electron chi connectivity index (χ3n) is 2.01. The Balaban J connectivity index is 2.82. The number of hydrogen-bond acceptors (Lipinski definition) is 0. The summed E-state index contributed by atoms with van der Waals surface area (Å²) in [4.78, 5) is 0. The Kier molecular flexibility index (Phi) is 3.59. The van der Waals surface area contributed by atoms with Crippen molar-refractivity contribution in [1.82, 2.24) is 0 Å². The second kappa shape index (κ2) is 4.76. The molecule has 1 aromatic carbocycles. The maximum absolute atomic E-state index is 2.21. The molecule has 0 saturated carbocycles. The zero-order chi connectivity index (χ0) is 8.81. The lowest BCUT2D eigenvalue weighted by Crippen LogP contribution is -1.82. The van der Waals surface area contributed by atoms with E-state index in [4.69, 9.17) is 0 Å². The molecule has 0 N–H and O–H groups in total. The van der Waals surface area contributed by atoms with E-state index in [0.717, 1.165) is 0 Å². The van der Waals surface area contributed by atoms with E-state index < -0.39 is 0 Å². The van der Waals surface area contributed by atoms with Crippen molar-refractivity contribution in [2.24, 2.45) is 0 Å². The van der Waals surface area contributed by atoms with Crippen LogP contribution in [0.3, 0.4) is 0 Å². The van der Waals surface area contributed by atoms with Gasteiger partial charge in [-0.15, -0.1) is 0 Å². The van der Waals surface area contributed by atoms with E-state index in [-0.39, 0.29) is 0 Å². The average Bonchev–Trinajstić information content (AvgIpc) is 2.15. The minimum atomic E-state index is 1.18. The van der Waals surface area contributed by atoms with Crippen LogP contribution in [0.15, 0.2) is 36.4 Å². The number of rotatable bonds is 3. The molecule has 0 atom stereocenters. The summed E-state index contributed by atoms with van der Waals surface area (Å²) in [6.07, 6.45) is 4.61. The summed E-state index contributed by atoms with van der Waals surface area (Å²) in [6, 6.07) is 10.6. The monoisotopic (exact) mass is 160 g/mol. The van der Waals surface area contributed by atoms with E-state index in [2.05, 4.69) is 50.3 Å². The normalized spacial score (nSPS) is 11.7. The van der Waals surface area contributed by atoms with E-state index in [0.29, 0.717) is 0 Å². The Labute approximate surface area is 74.9 Å². The van der Waals surface area contributed by atoms with Gasteiger partial charge in [0.2, 0.25) is 0 Å². The van der Waals surface area contributed by atoms with Crippen LogP contribution in [0.4, 0.5) is 0 Å². The zero-order valence-electron chi connectivity index (χ0n) is 7.88. The van der Waals surface area contributed by atoms with Gasteiger partial charge in [0.15, 0.2) is 0 Å². The van der Waals surface area contributed by atoms with Crippen LogP contribution in [-0.4, -0.2) is 0 Å². The molecule has 0 aromatic heterocycles. The molecule has 1 aromatic rings. The van der Waals surface area contributed by atoms with Gasteiger partial charge in [0, 0.05) is 0 Å². The fraction of sp³-hybridized carbons (Fsp3) is 0.333. The summed E-state index contributed by atoms with van der Waals surface area (Å²) in [5.41, 5.74) is 2.82. The Morgan fingerprint density at radius 2 is 1.92 bits per heavy atom. The van der Waals surface area contributed by atoms with Crippen molar-refractivity contribution in [1.29, 1.82) is 0 Å². The molecule has 0 amide bonds. The van der Waals surface area contributed by atoms with Crippen LogP contribution in [0.2, 0.25) is 0 Å². The Bertz CT molecular complexity index is 244. The molecule has 0 aliphatic rings. The molecule has 0 nitrogen and oxygen atoms in total. The summed E-state index contributed by atoms with van der Waals surface area (Å²) in [7, 11) is 0. The van der Waals surface area contributed by atoms with Gasteiger partial charge in [0.25, 0.3) is 0 Å². The van der Waals surface area contributed by atoms with Crippen LogP contribution in [0.5, 0.6) is 0 Å². The Morgan fingerprint density at radius 1 is 1.25 bits per heavy atom. The van der Waals surface area contributed by atoms with Gasteiger partial charge in [-0.05, 0) is 24.5 Å². The van der Waals surface area contributed by atoms with Crippen molar-refractivity contribution in [2.45, 2.75) is 26.7 Å². The van der Waals surface area contributed by atoms with E-state index in [1.807, 2.05) is 0 Å². The van der Waals surface area contributed by atoms with Crippen molar-refractivity contribution < 1.29 is 0 Å². The lowest BCUT2D eigenvalue weighted by molar-refractivity contribution is 0.972. The van der Waals surface area contributed by atoms with Crippen molar-refractivity contribution in [3.63, 3.8) is 0 Å². The maximum Gasteiger partial charge on any atom is -0.0228 e. The SMILES string of the molecule is CC=C(CCC)c1ccccc1. The van der Waals surface area contributed by atoms with Crippen molar-refractivity contribution in [3.8, 4) is 0 Å². The molecule has 0 radical (unpaired) electrons. The van der Waals surface area contributed by atoms with Crippen LogP contribution in [0.25, 0.3) is 5.57 Å². The lowest BCUT2D eigenvalue weighted by atomic mass is 10.0. The molecule has 1 rings (SSSR count). The van der Waals surface area contributed by atoms with Gasteiger partial charge in [-0.1, -0.05) is 49.8 Å². The van der Waals surface area contributed by atoms with Crippen molar-refractivity contribution >= 4 is 5.57 Å². The average molecular weight is 160 g/mol. The van der Waals surface area contributed by atoms with Crippen LogP contribution in [0.1, 0.15) is 32.3 Å². The molecule has 12 heavy (non-hydrogen) atoms. The molecule has 0 spiro atoms. The first-order valence-corrected chi connectivity index (χ1v) is 4.59. The van der Waals surface area contributed by atoms with Crippen LogP contribution < -0.4 is 0 Å². The first-order chi connectivity index (χ1) is 5.88. The van der Waals surface area contributed by atoms with Crippen LogP contribution in [0, 0.1) is 0 Å². The highest BCUT2D eigenvalue weighted by atomic mass is 14.0. The molecule has 64 valence electrons. The van der Waals surface area contributed by atoms with Gasteiger partial charge in [0.05, 0.1) is 0 Å². The van der Waals surface area contributed by atoms with Gasteiger partial charge >= 0.3 is 0 Å². The fourth-order valence-corrected chi connectivity index (χ4v) is 1.38. The van der Waals surface area contributed by atoms with Gasteiger partial charge in [-0.2, -0.15) is 0 Å². The Hall–Kier alpha value is -1.04. The second-order valence-electron chi connectivity index (χ2n) is 2.93. The minimum Gasteiger partial charge on any atom is -0.0838 e. The quantitative estimate of drug-likeness (QED) is 0.629. The van der Waals surface area contributed by atoms with Gasteiger partial charge < -0.3 is 0 Å². The highest BCUT2D eigenvalue weighted by Gasteiger charge is 1.96. The smallest absolute Gasteiger partial charge is 0.0228 e. The first kappa shape index (κ1) is 9.05. The molecule has 0 aliphatic heterocycles. The van der Waals surface area contributed by atoms with Gasteiger partial charge in [0.1, 0.15) is 0 Å². The second-order valence-corrected chi connectivity index (χ2v) is 2.93. The standard InChI is InChI=1S/C12H16/c1-3-8-11(4-2)12-9-6-5-7-10-12/h4-7,9-10H,3,8H2,1-2H3. The maximum atomic E-state index is 2.21. The number of hydrogen-bond donors (Lipinski definition) is 0. The summed E-state index contributed by atoms with van der Waals surface area (Å²) in [5, 5.41) is 0. The van der Waals surface area contributed by atoms with E-state index in [9.17, 15) is 0 Å². The fourth-order valence-electron chi connectivity index (χ4n) is 1.38. The largest absolute Gasteiger partial charge is 0.0838 e. The highest BCUT2D eigenvalue weighted by molar-refractivity contribution is 5.64. The Morgan fingerprint density at radius 3 is 2.42 bits per heavy atom. The molecule has 0 heterocycles. The van der Waals surface area contributed by atoms with Crippen molar-refractivity contribution in [3.05, 3.63) is 42.0 Å². The summed E-state index contributed by atoms with van der Waals surface area (Å²) in [5.74, 6) is 0. The highest BCUT2D eigenvalue weighted by Crippen LogP contribution is 2.18. The molecule has 0 heteroatoms. The first-order valence-electron chi connectivity index (χ1n) is 4.59. The third-order valence-corrected chi connectivity index (χ3v) is 2.01. The number of allylic oxidation sites excluding steroid dienone is 2. The summed E-state index contributed by atoms with van der Waals surface area (Å²) < 4.78 is 0. The molecular weight excluding hydrogens is 144 g/mol.